The van der Waals surface area contributed by atoms with Crippen molar-refractivity contribution < 1.29 is 8.42 Å². The van der Waals surface area contributed by atoms with Crippen LogP contribution in [0.5, 0.6) is 0 Å². The molecule has 0 heterocycles. The fraction of sp³-hybridized carbons (Fsp3) is 0.200. The summed E-state index contributed by atoms with van der Waals surface area (Å²) in [5.74, 6) is 0. The highest BCUT2D eigenvalue weighted by Gasteiger charge is 2.18. The summed E-state index contributed by atoms with van der Waals surface area (Å²) in [5.41, 5.74) is 6.36. The summed E-state index contributed by atoms with van der Waals surface area (Å²) in [6, 6.07) is 2.87. The van der Waals surface area contributed by atoms with Gasteiger partial charge in [0.2, 0.25) is 10.0 Å². The van der Waals surface area contributed by atoms with Crippen LogP contribution < -0.4 is 10.5 Å². The van der Waals surface area contributed by atoms with Crippen LogP contribution >= 0.6 is 27.5 Å². The number of hydrogen-bond acceptors (Lipinski definition) is 3. The maximum Gasteiger partial charge on any atom is 0.241 e. The first kappa shape index (κ1) is 14.5. The summed E-state index contributed by atoms with van der Waals surface area (Å²) in [5, 5.41) is 0.339. The molecular formula is C10H12BrClN2O2S. The largest absolute Gasteiger partial charge is 0.397 e. The highest BCUT2D eigenvalue weighted by Crippen LogP contribution is 2.26. The first-order chi connectivity index (χ1) is 7.74. The number of hydrogen-bond donors (Lipinski definition) is 2. The van der Waals surface area contributed by atoms with Gasteiger partial charge in [-0.15, -0.1) is 0 Å². The Labute approximate surface area is 114 Å². The Morgan fingerprint density at radius 2 is 2.18 bits per heavy atom. The van der Waals surface area contributed by atoms with E-state index in [1.807, 2.05) is 0 Å². The number of nitrogens with two attached hydrogens (primary N) is 1. The predicted octanol–water partition coefficient (Wildman–Crippen LogP) is 2.42. The third-order valence-electron chi connectivity index (χ3n) is 2.04. The molecule has 94 valence electrons. The van der Waals surface area contributed by atoms with Crippen LogP contribution in [0.1, 0.15) is 5.56 Å². The van der Waals surface area contributed by atoms with Crippen LogP contribution in [0.2, 0.25) is 5.02 Å². The lowest BCUT2D eigenvalue weighted by molar-refractivity contribution is 0.585. The van der Waals surface area contributed by atoms with Gasteiger partial charge >= 0.3 is 0 Å². The topological polar surface area (TPSA) is 72.2 Å². The van der Waals surface area contributed by atoms with E-state index >= 15 is 0 Å². The van der Waals surface area contributed by atoms with Crippen LogP contribution in [-0.2, 0) is 10.0 Å². The second-order valence-corrected chi connectivity index (χ2v) is 6.75. The fourth-order valence-electron chi connectivity index (χ4n) is 1.21. The summed E-state index contributed by atoms with van der Waals surface area (Å²) < 4.78 is 26.8. The number of rotatable bonds is 4. The second-order valence-electron chi connectivity index (χ2n) is 3.48. The number of halogens is 2. The SMILES string of the molecule is C=C(Br)CNS(=O)(=O)c1cc(N)c(Cl)cc1C. The number of nitrogen functional groups attached to an aromatic ring is 1. The number of aryl methyl sites for hydroxylation is 1. The molecule has 0 saturated heterocycles. The van der Waals surface area contributed by atoms with Crippen LogP contribution in [0.25, 0.3) is 0 Å². The standard InChI is InChI=1S/C10H12BrClN2O2S/c1-6-3-8(12)9(13)4-10(6)17(15,16)14-5-7(2)11/h3-4,14H,2,5,13H2,1H3. The first-order valence-corrected chi connectivity index (χ1v) is 7.28. The summed E-state index contributed by atoms with van der Waals surface area (Å²) in [7, 11) is -3.60. The average molecular weight is 340 g/mol. The molecule has 1 aromatic carbocycles. The zero-order valence-electron chi connectivity index (χ0n) is 9.13. The van der Waals surface area contributed by atoms with E-state index < -0.39 is 10.0 Å². The van der Waals surface area contributed by atoms with Gasteiger partial charge in [-0.25, -0.2) is 13.1 Å². The zero-order valence-corrected chi connectivity index (χ0v) is 12.3. The van der Waals surface area contributed by atoms with E-state index in [2.05, 4.69) is 27.2 Å². The normalized spacial score (nSPS) is 11.5. The molecule has 1 aromatic rings. The molecule has 0 atom stereocenters. The van der Waals surface area contributed by atoms with Crippen molar-refractivity contribution in [2.45, 2.75) is 11.8 Å². The highest BCUT2D eigenvalue weighted by molar-refractivity contribution is 9.11. The summed E-state index contributed by atoms with van der Waals surface area (Å²) in [6.45, 7) is 5.32. The van der Waals surface area contributed by atoms with Crippen molar-refractivity contribution in [3.8, 4) is 0 Å². The molecule has 4 nitrogen and oxygen atoms in total. The number of benzene rings is 1. The molecule has 0 aliphatic carbocycles. The van der Waals surface area contributed by atoms with Crippen molar-refractivity contribution in [2.75, 3.05) is 12.3 Å². The lowest BCUT2D eigenvalue weighted by Gasteiger charge is -2.10. The molecule has 17 heavy (non-hydrogen) atoms. The molecule has 0 radical (unpaired) electrons. The molecule has 7 heteroatoms. The minimum atomic E-state index is -3.60. The van der Waals surface area contributed by atoms with E-state index in [1.165, 1.54) is 12.1 Å². The number of anilines is 1. The van der Waals surface area contributed by atoms with Crippen molar-refractivity contribution in [2.24, 2.45) is 0 Å². The fourth-order valence-corrected chi connectivity index (χ4v) is 3.04. The van der Waals surface area contributed by atoms with Crippen molar-refractivity contribution in [3.05, 3.63) is 33.8 Å². The van der Waals surface area contributed by atoms with Crippen LogP contribution in [-0.4, -0.2) is 15.0 Å². The Morgan fingerprint density at radius 3 is 2.71 bits per heavy atom. The van der Waals surface area contributed by atoms with Crippen molar-refractivity contribution in [3.63, 3.8) is 0 Å². The smallest absolute Gasteiger partial charge is 0.241 e. The Morgan fingerprint density at radius 1 is 1.59 bits per heavy atom. The Balaban J connectivity index is 3.15. The van der Waals surface area contributed by atoms with Crippen molar-refractivity contribution in [1.82, 2.24) is 4.72 Å². The highest BCUT2D eigenvalue weighted by atomic mass is 79.9. The molecule has 0 fully saturated rings. The molecule has 0 amide bonds. The van der Waals surface area contributed by atoms with E-state index in [9.17, 15) is 8.42 Å². The van der Waals surface area contributed by atoms with Gasteiger partial charge in [-0.2, -0.15) is 0 Å². The Bertz CT molecular complexity index is 558. The summed E-state index contributed by atoms with van der Waals surface area (Å²) in [6.07, 6.45) is 0. The van der Waals surface area contributed by atoms with Crippen LogP contribution in [0.15, 0.2) is 28.1 Å². The van der Waals surface area contributed by atoms with Crippen LogP contribution in [0, 0.1) is 6.92 Å². The maximum atomic E-state index is 11.9. The molecule has 0 unspecified atom stereocenters. The third-order valence-corrected chi connectivity index (χ3v) is 4.19. The lowest BCUT2D eigenvalue weighted by atomic mass is 10.2. The van der Waals surface area contributed by atoms with Crippen molar-refractivity contribution >= 4 is 43.2 Å². The molecule has 0 saturated carbocycles. The van der Waals surface area contributed by atoms with Gasteiger partial charge in [-0.1, -0.05) is 34.1 Å². The molecule has 3 N–H and O–H groups in total. The van der Waals surface area contributed by atoms with Gasteiger partial charge in [0, 0.05) is 11.0 Å². The van der Waals surface area contributed by atoms with Crippen LogP contribution in [0.4, 0.5) is 5.69 Å². The molecule has 0 aromatic heterocycles. The van der Waals surface area contributed by atoms with Gasteiger partial charge in [-0.3, -0.25) is 0 Å². The monoisotopic (exact) mass is 338 g/mol. The molecule has 0 bridgehead atoms. The van der Waals surface area contributed by atoms with E-state index in [0.29, 0.717) is 15.1 Å². The van der Waals surface area contributed by atoms with Gasteiger partial charge < -0.3 is 5.73 Å². The van der Waals surface area contributed by atoms with Crippen LogP contribution in [0.3, 0.4) is 0 Å². The summed E-state index contributed by atoms with van der Waals surface area (Å²) >= 11 is 8.88. The quantitative estimate of drug-likeness (QED) is 0.828. The van der Waals surface area contributed by atoms with Gasteiger partial charge in [-0.05, 0) is 24.6 Å². The second kappa shape index (κ2) is 5.39. The van der Waals surface area contributed by atoms with E-state index in [1.54, 1.807) is 6.92 Å². The predicted molar refractivity (Wildman–Crippen MR) is 73.9 cm³/mol. The maximum absolute atomic E-state index is 11.9. The molecule has 1 rings (SSSR count). The minimum Gasteiger partial charge on any atom is -0.397 e. The van der Waals surface area contributed by atoms with Gasteiger partial charge in [0.1, 0.15) is 0 Å². The Kier molecular flexibility index (Phi) is 4.60. The molecule has 0 aliphatic heterocycles. The lowest BCUT2D eigenvalue weighted by Crippen LogP contribution is -2.25. The third kappa shape index (κ3) is 3.70. The van der Waals surface area contributed by atoms with Gasteiger partial charge in [0.25, 0.3) is 0 Å². The zero-order chi connectivity index (χ0) is 13.2. The van der Waals surface area contributed by atoms with E-state index in [-0.39, 0.29) is 17.1 Å². The van der Waals surface area contributed by atoms with Gasteiger partial charge in [0.15, 0.2) is 0 Å². The number of sulfonamides is 1. The van der Waals surface area contributed by atoms with Gasteiger partial charge in [0.05, 0.1) is 15.6 Å². The molecular weight excluding hydrogens is 328 g/mol. The van der Waals surface area contributed by atoms with E-state index in [0.717, 1.165) is 0 Å². The Hall–Kier alpha value is -0.560. The summed E-state index contributed by atoms with van der Waals surface area (Å²) in [4.78, 5) is 0.119. The average Bonchev–Trinajstić information content (AvgIpc) is 2.20. The molecule has 0 spiro atoms. The minimum absolute atomic E-state index is 0.115. The number of nitrogens with one attached hydrogen (secondary N) is 1. The van der Waals surface area contributed by atoms with Crippen molar-refractivity contribution in [1.29, 1.82) is 0 Å². The van der Waals surface area contributed by atoms with E-state index in [4.69, 9.17) is 17.3 Å². The first-order valence-electron chi connectivity index (χ1n) is 4.62. The molecule has 0 aliphatic rings.